The zero-order valence-electron chi connectivity index (χ0n) is 17.5. The van der Waals surface area contributed by atoms with E-state index in [0.717, 1.165) is 0 Å². The Labute approximate surface area is 182 Å². The number of sulfonamides is 1. The lowest BCUT2D eigenvalue weighted by Crippen LogP contribution is -2.47. The summed E-state index contributed by atoms with van der Waals surface area (Å²) in [4.78, 5) is 12.7. The van der Waals surface area contributed by atoms with E-state index in [4.69, 9.17) is 4.74 Å². The molecule has 1 heterocycles. The molecule has 0 spiro atoms. The van der Waals surface area contributed by atoms with Gasteiger partial charge < -0.3 is 10.1 Å². The number of halogens is 1. The first-order valence-electron chi connectivity index (χ1n) is 10.3. The van der Waals surface area contributed by atoms with Crippen LogP contribution in [-0.2, 0) is 19.6 Å². The van der Waals surface area contributed by atoms with E-state index < -0.39 is 27.1 Å². The summed E-state index contributed by atoms with van der Waals surface area (Å²) < 4.78 is 47.1. The van der Waals surface area contributed by atoms with Crippen LogP contribution in [0.15, 0.2) is 60.2 Å². The van der Waals surface area contributed by atoms with E-state index in [1.165, 1.54) is 28.6 Å². The Morgan fingerprint density at radius 2 is 1.77 bits per heavy atom. The molecule has 0 aromatic heterocycles. The van der Waals surface area contributed by atoms with Gasteiger partial charge >= 0.3 is 5.97 Å². The van der Waals surface area contributed by atoms with E-state index in [1.54, 1.807) is 37.3 Å². The van der Waals surface area contributed by atoms with Crippen LogP contribution in [0, 0.1) is 5.82 Å². The van der Waals surface area contributed by atoms with Crippen molar-refractivity contribution in [2.75, 3.05) is 32.8 Å². The van der Waals surface area contributed by atoms with Gasteiger partial charge in [0.25, 0.3) is 0 Å². The predicted molar refractivity (Wildman–Crippen MR) is 118 cm³/mol. The van der Waals surface area contributed by atoms with Gasteiger partial charge in [-0.25, -0.2) is 17.6 Å². The fourth-order valence-electron chi connectivity index (χ4n) is 3.53. The van der Waals surface area contributed by atoms with Crippen LogP contribution in [0.5, 0.6) is 0 Å². The minimum absolute atomic E-state index is 0.0491. The number of rotatable bonds is 8. The highest BCUT2D eigenvalue weighted by Crippen LogP contribution is 2.33. The molecular formula is C23H27FN2O4S. The fraction of sp³-hybridized carbons (Fsp3) is 0.348. The maximum atomic E-state index is 13.6. The van der Waals surface area contributed by atoms with Crippen LogP contribution in [0.1, 0.15) is 29.7 Å². The van der Waals surface area contributed by atoms with Gasteiger partial charge in [0.2, 0.25) is 10.0 Å². The van der Waals surface area contributed by atoms with Crippen LogP contribution < -0.4 is 5.32 Å². The lowest BCUT2D eigenvalue weighted by Gasteiger charge is -2.31. The van der Waals surface area contributed by atoms with Gasteiger partial charge in [-0.05, 0) is 36.3 Å². The molecule has 0 aliphatic carbocycles. The smallest absolute Gasteiger partial charge is 0.334 e. The second-order valence-electron chi connectivity index (χ2n) is 7.24. The Balaban J connectivity index is 2.01. The van der Waals surface area contributed by atoms with Crippen molar-refractivity contribution >= 4 is 22.1 Å². The van der Waals surface area contributed by atoms with E-state index in [2.05, 4.69) is 5.32 Å². The molecule has 1 saturated heterocycles. The third kappa shape index (κ3) is 6.00. The second-order valence-corrected chi connectivity index (χ2v) is 9.35. The minimum Gasteiger partial charge on any atom is -0.463 e. The van der Waals surface area contributed by atoms with E-state index >= 15 is 0 Å². The summed E-state index contributed by atoms with van der Waals surface area (Å²) in [6.45, 7) is 3.78. The Morgan fingerprint density at radius 1 is 1.13 bits per heavy atom. The summed E-state index contributed by atoms with van der Waals surface area (Å²) in [5.41, 5.74) is 1.42. The van der Waals surface area contributed by atoms with Crippen molar-refractivity contribution in [1.29, 1.82) is 0 Å². The summed E-state index contributed by atoms with van der Waals surface area (Å²) in [7, 11) is -3.73. The Bertz CT molecular complexity index is 1000. The molecular weight excluding hydrogens is 419 g/mol. The Morgan fingerprint density at radius 3 is 2.39 bits per heavy atom. The first-order valence-corrected chi connectivity index (χ1v) is 11.8. The van der Waals surface area contributed by atoms with E-state index in [0.29, 0.717) is 37.3 Å². The van der Waals surface area contributed by atoms with Crippen molar-refractivity contribution in [2.45, 2.75) is 18.6 Å². The van der Waals surface area contributed by atoms with E-state index in [-0.39, 0.29) is 18.6 Å². The third-order valence-electron chi connectivity index (χ3n) is 5.12. The van der Waals surface area contributed by atoms with E-state index in [1.807, 2.05) is 6.07 Å². The molecule has 31 heavy (non-hydrogen) atoms. The molecule has 0 bridgehead atoms. The molecule has 3 rings (SSSR count). The van der Waals surface area contributed by atoms with Crippen molar-refractivity contribution < 1.29 is 22.3 Å². The van der Waals surface area contributed by atoms with Crippen LogP contribution in [0.25, 0.3) is 6.08 Å². The molecule has 2 aromatic rings. The van der Waals surface area contributed by atoms with Crippen LogP contribution in [-0.4, -0.2) is 51.5 Å². The zero-order valence-corrected chi connectivity index (χ0v) is 18.3. The van der Waals surface area contributed by atoms with Crippen molar-refractivity contribution in [3.05, 3.63) is 77.1 Å². The number of esters is 1. The Kier molecular flexibility index (Phi) is 7.95. The quantitative estimate of drug-likeness (QED) is 0.498. The standard InChI is InChI=1S/C23H27FN2O4S/c1-2-30-23(27)20(16-18-8-10-21(24)11-9-18)17-22(19-6-4-3-5-7-19)31(28,29)26-14-12-25-13-15-26/h3-11,16,22,25H,2,12-15,17H2,1H3/b20-16+. The summed E-state index contributed by atoms with van der Waals surface area (Å²) in [6, 6.07) is 14.6. The maximum Gasteiger partial charge on any atom is 0.334 e. The van der Waals surface area contributed by atoms with Gasteiger partial charge in [-0.2, -0.15) is 4.31 Å². The number of nitrogens with zero attached hydrogens (tertiary/aromatic N) is 1. The third-order valence-corrected chi connectivity index (χ3v) is 7.36. The monoisotopic (exact) mass is 446 g/mol. The van der Waals surface area contributed by atoms with Gasteiger partial charge in [0, 0.05) is 38.2 Å². The normalized spacial score (nSPS) is 16.6. The summed E-state index contributed by atoms with van der Waals surface area (Å²) >= 11 is 0. The summed E-state index contributed by atoms with van der Waals surface area (Å²) in [5, 5.41) is 2.21. The molecule has 166 valence electrons. The van der Waals surface area contributed by atoms with Gasteiger partial charge in [0.1, 0.15) is 11.1 Å². The van der Waals surface area contributed by atoms with Crippen molar-refractivity contribution in [1.82, 2.24) is 9.62 Å². The van der Waals surface area contributed by atoms with Crippen molar-refractivity contribution in [2.24, 2.45) is 0 Å². The second kappa shape index (κ2) is 10.7. The van der Waals surface area contributed by atoms with Crippen LogP contribution in [0.3, 0.4) is 0 Å². The first kappa shape index (κ1) is 23.1. The van der Waals surface area contributed by atoms with Crippen molar-refractivity contribution in [3.63, 3.8) is 0 Å². The lowest BCUT2D eigenvalue weighted by atomic mass is 10.0. The van der Waals surface area contributed by atoms with E-state index in [9.17, 15) is 17.6 Å². The average Bonchev–Trinajstić information content (AvgIpc) is 2.79. The molecule has 1 aliphatic heterocycles. The molecule has 1 atom stereocenters. The van der Waals surface area contributed by atoms with Gasteiger partial charge in [0.05, 0.1) is 6.61 Å². The average molecular weight is 447 g/mol. The SMILES string of the molecule is CCOC(=O)/C(=C/c1ccc(F)cc1)CC(c1ccccc1)S(=O)(=O)N1CCNCC1. The highest BCUT2D eigenvalue weighted by atomic mass is 32.2. The number of ether oxygens (including phenoxy) is 1. The molecule has 1 unspecified atom stereocenters. The number of hydrogen-bond donors (Lipinski definition) is 1. The van der Waals surface area contributed by atoms with Gasteiger partial charge in [-0.3, -0.25) is 0 Å². The first-order chi connectivity index (χ1) is 14.9. The molecule has 0 amide bonds. The molecule has 2 aromatic carbocycles. The van der Waals surface area contributed by atoms with Crippen molar-refractivity contribution in [3.8, 4) is 0 Å². The topological polar surface area (TPSA) is 75.7 Å². The largest absolute Gasteiger partial charge is 0.463 e. The number of nitrogens with one attached hydrogen (secondary N) is 1. The van der Waals surface area contributed by atoms with Gasteiger partial charge in [0.15, 0.2) is 0 Å². The molecule has 1 aliphatic rings. The molecule has 0 radical (unpaired) electrons. The number of carbonyl (C=O) groups excluding carboxylic acids is 1. The highest BCUT2D eigenvalue weighted by Gasteiger charge is 2.35. The predicted octanol–water partition coefficient (Wildman–Crippen LogP) is 3.14. The fourth-order valence-corrected chi connectivity index (χ4v) is 5.47. The molecule has 8 heteroatoms. The molecule has 6 nitrogen and oxygen atoms in total. The van der Waals surface area contributed by atoms with Crippen LogP contribution >= 0.6 is 0 Å². The van der Waals surface area contributed by atoms with Gasteiger partial charge in [-0.15, -0.1) is 0 Å². The molecule has 1 fully saturated rings. The summed E-state index contributed by atoms with van der Waals surface area (Å²) in [5.74, 6) is -0.971. The summed E-state index contributed by atoms with van der Waals surface area (Å²) in [6.07, 6.45) is 1.52. The minimum atomic E-state index is -3.73. The maximum absolute atomic E-state index is 13.6. The number of piperazine rings is 1. The molecule has 1 N–H and O–H groups in total. The van der Waals surface area contributed by atoms with Crippen LogP contribution in [0.2, 0.25) is 0 Å². The number of hydrogen-bond acceptors (Lipinski definition) is 5. The lowest BCUT2D eigenvalue weighted by molar-refractivity contribution is -0.138. The van der Waals surface area contributed by atoms with Gasteiger partial charge in [-0.1, -0.05) is 42.5 Å². The number of benzene rings is 2. The zero-order chi connectivity index (χ0) is 22.3. The molecule has 0 saturated carbocycles. The highest BCUT2D eigenvalue weighted by molar-refractivity contribution is 7.89. The Hall–Kier alpha value is -2.55. The van der Waals surface area contributed by atoms with Crippen LogP contribution in [0.4, 0.5) is 4.39 Å². The number of carbonyl (C=O) groups is 1.